The van der Waals surface area contributed by atoms with Gasteiger partial charge in [-0.3, -0.25) is 0 Å². The van der Waals surface area contributed by atoms with Crippen LogP contribution in [0.3, 0.4) is 0 Å². The van der Waals surface area contributed by atoms with Gasteiger partial charge in [0.15, 0.2) is 0 Å². The summed E-state index contributed by atoms with van der Waals surface area (Å²) in [6.45, 7) is -0.386. The van der Waals surface area contributed by atoms with Crippen molar-refractivity contribution in [3.8, 4) is 0 Å². The first-order valence-corrected chi connectivity index (χ1v) is 4.12. The zero-order valence-corrected chi connectivity index (χ0v) is 7.08. The first kappa shape index (κ1) is 10.8. The van der Waals surface area contributed by atoms with Gasteiger partial charge in [-0.25, -0.2) is 0 Å². The Balaban J connectivity index is 2.66. The van der Waals surface area contributed by atoms with E-state index < -0.39 is 37.1 Å². The van der Waals surface area contributed by atoms with Crippen molar-refractivity contribution in [2.75, 3.05) is 13.2 Å². The number of nitrogens with two attached hydrogens (primary N) is 1. The largest absolute Gasteiger partial charge is 0.394 e. The van der Waals surface area contributed by atoms with Crippen LogP contribution in [0.2, 0.25) is 0 Å². The summed E-state index contributed by atoms with van der Waals surface area (Å²) in [6, 6.07) is 0. The van der Waals surface area contributed by atoms with Crippen LogP contribution in [0.5, 0.6) is 0 Å². The Morgan fingerprint density at radius 1 is 1.00 bits per heavy atom. The van der Waals surface area contributed by atoms with Crippen LogP contribution < -0.4 is 5.73 Å². The molecule has 0 radical (unpaired) electrons. The first-order valence-electron chi connectivity index (χ1n) is 4.12. The third-order valence-electron chi connectivity index (χ3n) is 2.22. The van der Waals surface area contributed by atoms with Crippen molar-refractivity contribution in [2.24, 2.45) is 5.73 Å². The first-order chi connectivity index (χ1) is 6.11. The fourth-order valence-electron chi connectivity index (χ4n) is 1.37. The molecule has 78 valence electrons. The number of aliphatic hydroxyl groups excluding tert-OH is 4. The molecular weight excluding hydrogens is 178 g/mol. The molecule has 0 aromatic heterocycles. The van der Waals surface area contributed by atoms with Gasteiger partial charge in [-0.2, -0.15) is 0 Å². The molecule has 0 aromatic rings. The van der Waals surface area contributed by atoms with Gasteiger partial charge >= 0.3 is 0 Å². The molecule has 4 unspecified atom stereocenters. The van der Waals surface area contributed by atoms with Crippen LogP contribution in [0.1, 0.15) is 0 Å². The predicted octanol–water partition coefficient (Wildman–Crippen LogP) is -3.21. The van der Waals surface area contributed by atoms with Gasteiger partial charge in [0.1, 0.15) is 24.4 Å². The van der Waals surface area contributed by atoms with Gasteiger partial charge in [0, 0.05) is 6.54 Å². The number of hydrogen-bond donors (Lipinski definition) is 5. The fourth-order valence-corrected chi connectivity index (χ4v) is 1.37. The van der Waals surface area contributed by atoms with Gasteiger partial charge in [-0.05, 0) is 0 Å². The van der Waals surface area contributed by atoms with Crippen molar-refractivity contribution in [2.45, 2.75) is 30.5 Å². The second-order valence-corrected chi connectivity index (χ2v) is 3.10. The molecule has 1 heterocycles. The Labute approximate surface area is 75.6 Å². The van der Waals surface area contributed by atoms with Crippen molar-refractivity contribution in [3.63, 3.8) is 0 Å². The van der Waals surface area contributed by atoms with Crippen molar-refractivity contribution < 1.29 is 25.2 Å². The maximum atomic E-state index is 9.32. The quantitative estimate of drug-likeness (QED) is 0.315. The normalized spacial score (nSPS) is 46.4. The van der Waals surface area contributed by atoms with Crippen LogP contribution in [0.25, 0.3) is 0 Å². The Hall–Kier alpha value is -0.240. The minimum absolute atomic E-state index is 0.0292. The van der Waals surface area contributed by atoms with Gasteiger partial charge in [-0.15, -0.1) is 0 Å². The Kier molecular flexibility index (Phi) is 3.60. The van der Waals surface area contributed by atoms with Crippen molar-refractivity contribution >= 4 is 0 Å². The Bertz CT molecular complexity index is 147. The standard InChI is InChI=1S/C7H15NO5/c8-1-3-5(10)7(12)6(11)4(2-9)13-3/h3-7,9-12H,1-2,8H2/t3-,4?,5?,6?,7?/m1/s1. The van der Waals surface area contributed by atoms with E-state index in [9.17, 15) is 15.3 Å². The molecule has 1 aliphatic heterocycles. The molecule has 13 heavy (non-hydrogen) atoms. The molecule has 1 aliphatic rings. The molecule has 1 fully saturated rings. The summed E-state index contributed by atoms with van der Waals surface area (Å²) in [4.78, 5) is 0. The molecule has 5 atom stereocenters. The van der Waals surface area contributed by atoms with Crippen LogP contribution in [-0.2, 0) is 4.74 Å². The summed E-state index contributed by atoms with van der Waals surface area (Å²) >= 11 is 0. The molecule has 0 spiro atoms. The lowest BCUT2D eigenvalue weighted by Gasteiger charge is -2.39. The van der Waals surface area contributed by atoms with Gasteiger partial charge < -0.3 is 30.9 Å². The molecule has 0 bridgehead atoms. The topological polar surface area (TPSA) is 116 Å². The molecular formula is C7H15NO5. The fraction of sp³-hybridized carbons (Fsp3) is 1.00. The predicted molar refractivity (Wildman–Crippen MR) is 42.8 cm³/mol. The lowest BCUT2D eigenvalue weighted by atomic mass is 9.95. The Morgan fingerprint density at radius 3 is 2.00 bits per heavy atom. The Morgan fingerprint density at radius 2 is 1.54 bits per heavy atom. The summed E-state index contributed by atoms with van der Waals surface area (Å²) < 4.78 is 5.04. The van der Waals surface area contributed by atoms with Gasteiger partial charge in [0.05, 0.1) is 12.7 Å². The highest BCUT2D eigenvalue weighted by atomic mass is 16.5. The number of rotatable bonds is 2. The molecule has 6 N–H and O–H groups in total. The smallest absolute Gasteiger partial charge is 0.111 e. The monoisotopic (exact) mass is 193 g/mol. The molecule has 0 amide bonds. The summed E-state index contributed by atoms with van der Waals surface area (Å²) in [6.07, 6.45) is -5.42. The molecule has 1 saturated heterocycles. The molecule has 6 nitrogen and oxygen atoms in total. The summed E-state index contributed by atoms with van der Waals surface area (Å²) in [5.74, 6) is 0. The SMILES string of the molecule is NC[C@H]1OC(CO)C(O)C(O)C1O. The van der Waals surface area contributed by atoms with Crippen LogP contribution in [0.15, 0.2) is 0 Å². The molecule has 0 aliphatic carbocycles. The van der Waals surface area contributed by atoms with E-state index in [4.69, 9.17) is 15.6 Å². The van der Waals surface area contributed by atoms with E-state index in [1.54, 1.807) is 0 Å². The highest BCUT2D eigenvalue weighted by molar-refractivity contribution is 4.92. The maximum Gasteiger partial charge on any atom is 0.111 e. The second-order valence-electron chi connectivity index (χ2n) is 3.10. The lowest BCUT2D eigenvalue weighted by Crippen LogP contribution is -2.60. The van der Waals surface area contributed by atoms with Gasteiger partial charge in [0.2, 0.25) is 0 Å². The van der Waals surface area contributed by atoms with Gasteiger partial charge in [0.25, 0.3) is 0 Å². The van der Waals surface area contributed by atoms with E-state index in [1.165, 1.54) is 0 Å². The highest BCUT2D eigenvalue weighted by Crippen LogP contribution is 2.20. The number of aliphatic hydroxyl groups is 4. The summed E-state index contributed by atoms with van der Waals surface area (Å²) in [5.41, 5.74) is 5.26. The molecule has 0 aromatic carbocycles. The molecule has 0 saturated carbocycles. The van der Waals surface area contributed by atoms with E-state index in [0.29, 0.717) is 0 Å². The summed E-state index contributed by atoms with van der Waals surface area (Å²) in [5, 5.41) is 36.7. The van der Waals surface area contributed by atoms with E-state index in [2.05, 4.69) is 0 Å². The van der Waals surface area contributed by atoms with E-state index in [1.807, 2.05) is 0 Å². The lowest BCUT2D eigenvalue weighted by molar-refractivity contribution is -0.226. The minimum Gasteiger partial charge on any atom is -0.394 e. The van der Waals surface area contributed by atoms with Crippen LogP contribution >= 0.6 is 0 Å². The van der Waals surface area contributed by atoms with Crippen molar-refractivity contribution in [3.05, 3.63) is 0 Å². The third-order valence-corrected chi connectivity index (χ3v) is 2.22. The third kappa shape index (κ3) is 1.98. The summed E-state index contributed by atoms with van der Waals surface area (Å²) in [7, 11) is 0. The van der Waals surface area contributed by atoms with Gasteiger partial charge in [-0.1, -0.05) is 0 Å². The molecule has 6 heteroatoms. The van der Waals surface area contributed by atoms with E-state index in [0.717, 1.165) is 0 Å². The van der Waals surface area contributed by atoms with Crippen molar-refractivity contribution in [1.82, 2.24) is 0 Å². The molecule has 1 rings (SSSR count). The van der Waals surface area contributed by atoms with E-state index >= 15 is 0 Å². The minimum atomic E-state index is -1.32. The number of ether oxygens (including phenoxy) is 1. The zero-order chi connectivity index (χ0) is 10.0. The average molecular weight is 193 g/mol. The van der Waals surface area contributed by atoms with Crippen LogP contribution in [-0.4, -0.2) is 64.1 Å². The maximum absolute atomic E-state index is 9.32. The number of hydrogen-bond acceptors (Lipinski definition) is 6. The highest BCUT2D eigenvalue weighted by Gasteiger charge is 2.42. The zero-order valence-electron chi connectivity index (χ0n) is 7.08. The van der Waals surface area contributed by atoms with Crippen molar-refractivity contribution in [1.29, 1.82) is 0 Å². The van der Waals surface area contributed by atoms with Crippen LogP contribution in [0, 0.1) is 0 Å². The second kappa shape index (κ2) is 4.32. The van der Waals surface area contributed by atoms with Crippen LogP contribution in [0.4, 0.5) is 0 Å². The average Bonchev–Trinajstić information content (AvgIpc) is 2.15. The van der Waals surface area contributed by atoms with E-state index in [-0.39, 0.29) is 6.54 Å².